The number of halogens is 3. The number of amides is 1. The maximum Gasteiger partial charge on any atom is 0.435 e. The van der Waals surface area contributed by atoms with Gasteiger partial charge in [0, 0.05) is 48.3 Å². The zero-order chi connectivity index (χ0) is 27.6. The van der Waals surface area contributed by atoms with Crippen molar-refractivity contribution in [3.8, 4) is 23.3 Å². The number of carbonyl (C=O) groups is 1. The Morgan fingerprint density at radius 3 is 2.61 bits per heavy atom. The predicted molar refractivity (Wildman–Crippen MR) is 137 cm³/mol. The minimum absolute atomic E-state index is 0.127. The SMILES string of the molecule is CCn1cc(-c2cc(C#N)ccc2C2CN(C(=O)/C=C/CN(C)C)Cc3sc(C#N)cc32)c(C(F)(F)F)n1. The van der Waals surface area contributed by atoms with Crippen molar-refractivity contribution in [2.45, 2.75) is 32.1 Å². The van der Waals surface area contributed by atoms with Crippen LogP contribution in [0.3, 0.4) is 0 Å². The molecule has 3 heterocycles. The maximum atomic E-state index is 14.0. The number of fused-ring (bicyclic) bond motifs is 1. The lowest BCUT2D eigenvalue weighted by atomic mass is 9.83. The van der Waals surface area contributed by atoms with Crippen LogP contribution in [0.5, 0.6) is 0 Å². The molecule has 1 aliphatic rings. The van der Waals surface area contributed by atoms with Crippen LogP contribution < -0.4 is 0 Å². The zero-order valence-corrected chi connectivity index (χ0v) is 21.9. The molecule has 0 saturated heterocycles. The summed E-state index contributed by atoms with van der Waals surface area (Å²) in [5.41, 5.74) is 0.611. The fourth-order valence-corrected chi connectivity index (χ4v) is 5.57. The first-order valence-electron chi connectivity index (χ1n) is 11.9. The van der Waals surface area contributed by atoms with E-state index in [2.05, 4.69) is 11.2 Å². The molecule has 38 heavy (non-hydrogen) atoms. The molecule has 0 spiro atoms. The summed E-state index contributed by atoms with van der Waals surface area (Å²) in [5.74, 6) is -0.725. The van der Waals surface area contributed by atoms with Crippen LogP contribution in [-0.2, 0) is 24.1 Å². The van der Waals surface area contributed by atoms with Gasteiger partial charge in [0.2, 0.25) is 5.91 Å². The monoisotopic (exact) mass is 538 g/mol. The highest BCUT2D eigenvalue weighted by molar-refractivity contribution is 7.12. The van der Waals surface area contributed by atoms with Crippen LogP contribution in [0.2, 0.25) is 0 Å². The molecule has 0 radical (unpaired) electrons. The summed E-state index contributed by atoms with van der Waals surface area (Å²) in [6.07, 6.45) is -0.117. The summed E-state index contributed by atoms with van der Waals surface area (Å²) in [4.78, 5) is 17.9. The number of alkyl halides is 3. The van der Waals surface area contributed by atoms with Crippen molar-refractivity contribution in [2.24, 2.45) is 0 Å². The molecule has 4 rings (SSSR count). The molecule has 2 aromatic heterocycles. The Labute approximate surface area is 222 Å². The standard InChI is InChI=1S/C27H25F3N6OS/c1-4-36-15-23(26(33-36)27(28,29)30)20-10-17(12-31)7-8-19(20)22-14-35(25(37)6-5-9-34(2)3)16-24-21(22)11-18(13-32)38-24/h5-8,10-11,15,22H,4,9,14,16H2,1-3H3/b6-5+. The molecule has 1 aliphatic heterocycles. The van der Waals surface area contributed by atoms with E-state index in [1.165, 1.54) is 34.4 Å². The summed E-state index contributed by atoms with van der Waals surface area (Å²) in [7, 11) is 3.77. The van der Waals surface area contributed by atoms with E-state index in [-0.39, 0.29) is 35.7 Å². The van der Waals surface area contributed by atoms with Crippen molar-refractivity contribution < 1.29 is 18.0 Å². The van der Waals surface area contributed by atoms with Gasteiger partial charge in [-0.05, 0) is 55.9 Å². The van der Waals surface area contributed by atoms with Crippen LogP contribution in [0, 0.1) is 22.7 Å². The third-order valence-electron chi connectivity index (χ3n) is 6.31. The van der Waals surface area contributed by atoms with Crippen molar-refractivity contribution in [3.05, 3.63) is 74.8 Å². The van der Waals surface area contributed by atoms with Crippen molar-refractivity contribution in [1.29, 1.82) is 10.5 Å². The van der Waals surface area contributed by atoms with E-state index in [1.807, 2.05) is 25.1 Å². The number of rotatable bonds is 6. The number of hydrogen-bond donors (Lipinski definition) is 0. The van der Waals surface area contributed by atoms with Gasteiger partial charge in [-0.25, -0.2) is 0 Å². The third kappa shape index (κ3) is 5.49. The highest BCUT2D eigenvalue weighted by Gasteiger charge is 2.39. The Morgan fingerprint density at radius 2 is 1.97 bits per heavy atom. The van der Waals surface area contributed by atoms with Gasteiger partial charge in [0.25, 0.3) is 0 Å². The van der Waals surface area contributed by atoms with Crippen molar-refractivity contribution >= 4 is 17.2 Å². The van der Waals surface area contributed by atoms with Crippen LogP contribution in [0.15, 0.2) is 42.6 Å². The summed E-state index contributed by atoms with van der Waals surface area (Å²) in [6.45, 7) is 3.02. The average molecular weight is 539 g/mol. The van der Waals surface area contributed by atoms with E-state index in [9.17, 15) is 28.5 Å². The van der Waals surface area contributed by atoms with Gasteiger partial charge in [-0.1, -0.05) is 12.1 Å². The predicted octanol–water partition coefficient (Wildman–Crippen LogP) is 4.99. The molecule has 0 N–H and O–H groups in total. The Hall–Kier alpha value is -3.93. The number of carbonyl (C=O) groups excluding carboxylic acids is 1. The van der Waals surface area contributed by atoms with Gasteiger partial charge in [0.05, 0.1) is 18.2 Å². The molecule has 0 saturated carbocycles. The van der Waals surface area contributed by atoms with Crippen molar-refractivity contribution in [3.63, 3.8) is 0 Å². The van der Waals surface area contributed by atoms with Crippen molar-refractivity contribution in [2.75, 3.05) is 27.2 Å². The molecule has 0 fully saturated rings. The zero-order valence-electron chi connectivity index (χ0n) is 21.1. The van der Waals surface area contributed by atoms with E-state index in [0.29, 0.717) is 23.5 Å². The number of thiophene rings is 1. The quantitative estimate of drug-likeness (QED) is 0.413. The molecule has 7 nitrogen and oxygen atoms in total. The highest BCUT2D eigenvalue weighted by atomic mass is 32.1. The van der Waals surface area contributed by atoms with Crippen LogP contribution in [0.25, 0.3) is 11.1 Å². The minimum atomic E-state index is -4.71. The van der Waals surface area contributed by atoms with E-state index in [1.54, 1.807) is 36.1 Å². The first-order chi connectivity index (χ1) is 18.0. The molecule has 3 aromatic rings. The molecule has 1 amide bonds. The number of aromatic nitrogens is 2. The second-order valence-electron chi connectivity index (χ2n) is 9.20. The maximum absolute atomic E-state index is 14.0. The Morgan fingerprint density at radius 1 is 1.21 bits per heavy atom. The molecule has 196 valence electrons. The van der Waals surface area contributed by atoms with Gasteiger partial charge in [0.1, 0.15) is 10.9 Å². The smallest absolute Gasteiger partial charge is 0.333 e. The molecular weight excluding hydrogens is 513 g/mol. The van der Waals surface area contributed by atoms with E-state index < -0.39 is 17.8 Å². The van der Waals surface area contributed by atoms with E-state index in [0.717, 1.165) is 10.4 Å². The summed E-state index contributed by atoms with van der Waals surface area (Å²) in [6, 6.07) is 10.5. The number of nitrogens with zero attached hydrogens (tertiary/aromatic N) is 6. The second-order valence-corrected chi connectivity index (χ2v) is 10.3. The lowest BCUT2D eigenvalue weighted by Crippen LogP contribution is -2.37. The van der Waals surface area contributed by atoms with Crippen LogP contribution in [0.1, 0.15) is 45.0 Å². The van der Waals surface area contributed by atoms with Gasteiger partial charge in [0.15, 0.2) is 5.69 Å². The molecule has 1 unspecified atom stereocenters. The first kappa shape index (κ1) is 27.1. The summed E-state index contributed by atoms with van der Waals surface area (Å²) < 4.78 is 43.3. The molecule has 0 aliphatic carbocycles. The fourth-order valence-electron chi connectivity index (χ4n) is 4.53. The largest absolute Gasteiger partial charge is 0.435 e. The van der Waals surface area contributed by atoms with Crippen LogP contribution >= 0.6 is 11.3 Å². The van der Waals surface area contributed by atoms with Crippen molar-refractivity contribution in [1.82, 2.24) is 19.6 Å². The number of aryl methyl sites for hydroxylation is 1. The Kier molecular flexibility index (Phi) is 7.72. The van der Waals surface area contributed by atoms with Crippen LogP contribution in [0.4, 0.5) is 13.2 Å². The van der Waals surface area contributed by atoms with Crippen LogP contribution in [-0.4, -0.2) is 52.7 Å². The minimum Gasteiger partial charge on any atom is -0.333 e. The molecule has 0 bridgehead atoms. The molecule has 1 atom stereocenters. The fraction of sp³-hybridized carbons (Fsp3) is 0.333. The van der Waals surface area contributed by atoms with Gasteiger partial charge < -0.3 is 9.80 Å². The Balaban J connectivity index is 1.87. The molecular formula is C27H25F3N6OS. The average Bonchev–Trinajstić information content (AvgIpc) is 3.51. The number of nitriles is 2. The first-order valence-corrected chi connectivity index (χ1v) is 12.7. The normalized spacial score (nSPS) is 15.5. The van der Waals surface area contributed by atoms with E-state index >= 15 is 0 Å². The number of likely N-dealkylation sites (N-methyl/N-ethyl adjacent to an activating group) is 1. The van der Waals surface area contributed by atoms with Gasteiger partial charge in [-0.3, -0.25) is 9.48 Å². The molecule has 1 aromatic carbocycles. The third-order valence-corrected chi connectivity index (χ3v) is 7.35. The summed E-state index contributed by atoms with van der Waals surface area (Å²) >= 11 is 1.27. The highest BCUT2D eigenvalue weighted by Crippen LogP contribution is 2.44. The van der Waals surface area contributed by atoms with E-state index in [4.69, 9.17) is 0 Å². The van der Waals surface area contributed by atoms with Gasteiger partial charge in [-0.2, -0.15) is 28.8 Å². The second kappa shape index (κ2) is 10.8. The number of hydrogen-bond acceptors (Lipinski definition) is 6. The lowest BCUT2D eigenvalue weighted by molar-refractivity contribution is -0.141. The number of benzene rings is 1. The van der Waals surface area contributed by atoms with Gasteiger partial charge in [-0.15, -0.1) is 11.3 Å². The molecule has 11 heteroatoms. The lowest BCUT2D eigenvalue weighted by Gasteiger charge is -2.33. The Bertz CT molecular complexity index is 1470. The topological polar surface area (TPSA) is 89.0 Å². The van der Waals surface area contributed by atoms with Gasteiger partial charge >= 0.3 is 6.18 Å². The summed E-state index contributed by atoms with van der Waals surface area (Å²) in [5, 5.41) is 22.8.